The molecule has 0 fully saturated rings. The van der Waals surface area contributed by atoms with Crippen LogP contribution in [0.5, 0.6) is 0 Å². The van der Waals surface area contributed by atoms with Crippen molar-refractivity contribution >= 4 is 28.5 Å². The molecule has 1 amide bonds. The van der Waals surface area contributed by atoms with Gasteiger partial charge >= 0.3 is 5.97 Å². The topological polar surface area (TPSA) is 73.2 Å². The second kappa shape index (κ2) is 9.78. The molecule has 1 N–H and O–H groups in total. The number of fused-ring (bicyclic) bond motifs is 1. The van der Waals surface area contributed by atoms with E-state index >= 15 is 0 Å². The third-order valence-corrected chi connectivity index (χ3v) is 5.13. The van der Waals surface area contributed by atoms with Crippen molar-refractivity contribution in [2.45, 2.75) is 19.9 Å². The van der Waals surface area contributed by atoms with Crippen molar-refractivity contribution in [2.24, 2.45) is 0 Å². The van der Waals surface area contributed by atoms with Crippen molar-refractivity contribution in [2.75, 3.05) is 11.9 Å². The van der Waals surface area contributed by atoms with Crippen molar-refractivity contribution in [3.8, 4) is 0 Å². The molecule has 0 bridgehead atoms. The number of carbonyl (C=O) groups is 2. The molecular formula is C25H20F3N3O3. The van der Waals surface area contributed by atoms with Crippen molar-refractivity contribution in [3.63, 3.8) is 0 Å². The molecule has 0 atom stereocenters. The van der Waals surface area contributed by atoms with Crippen LogP contribution in [0.1, 0.15) is 28.5 Å². The zero-order chi connectivity index (χ0) is 24.2. The molecule has 0 aliphatic carbocycles. The van der Waals surface area contributed by atoms with E-state index in [4.69, 9.17) is 4.74 Å². The molecule has 0 saturated heterocycles. The van der Waals surface area contributed by atoms with E-state index in [1.807, 2.05) is 0 Å². The molecule has 1 aromatic heterocycles. The fraction of sp³-hybridized carbons (Fsp3) is 0.160. The molecule has 0 radical (unpaired) electrons. The van der Waals surface area contributed by atoms with E-state index in [1.54, 1.807) is 41.9 Å². The van der Waals surface area contributed by atoms with Crippen LogP contribution in [0.2, 0.25) is 0 Å². The largest absolute Gasteiger partial charge is 0.466 e. The molecule has 174 valence electrons. The minimum Gasteiger partial charge on any atom is -0.466 e. The summed E-state index contributed by atoms with van der Waals surface area (Å²) in [6, 6.07) is 13.7. The van der Waals surface area contributed by atoms with E-state index < -0.39 is 29.3 Å². The third-order valence-electron chi connectivity index (χ3n) is 5.13. The average Bonchev–Trinajstić information content (AvgIpc) is 3.11. The normalized spacial score (nSPS) is 10.9. The van der Waals surface area contributed by atoms with Crippen molar-refractivity contribution in [3.05, 3.63) is 94.9 Å². The van der Waals surface area contributed by atoms with Crippen LogP contribution in [0.15, 0.2) is 60.7 Å². The van der Waals surface area contributed by atoms with Gasteiger partial charge in [0, 0.05) is 17.1 Å². The van der Waals surface area contributed by atoms with Gasteiger partial charge in [-0.2, -0.15) is 5.10 Å². The summed E-state index contributed by atoms with van der Waals surface area (Å²) in [5.41, 5.74) is 1.95. The van der Waals surface area contributed by atoms with Crippen LogP contribution in [0.3, 0.4) is 0 Å². The lowest BCUT2D eigenvalue weighted by atomic mass is 10.1. The number of benzene rings is 3. The monoisotopic (exact) mass is 467 g/mol. The molecule has 0 spiro atoms. The number of rotatable bonds is 7. The molecule has 6 nitrogen and oxygen atoms in total. The van der Waals surface area contributed by atoms with Gasteiger partial charge in [0.05, 0.1) is 36.3 Å². The van der Waals surface area contributed by atoms with Crippen molar-refractivity contribution in [1.29, 1.82) is 0 Å². The first-order chi connectivity index (χ1) is 16.3. The van der Waals surface area contributed by atoms with Gasteiger partial charge in [-0.3, -0.25) is 14.3 Å². The van der Waals surface area contributed by atoms with Gasteiger partial charge in [-0.25, -0.2) is 13.2 Å². The quantitative estimate of drug-likeness (QED) is 0.394. The molecule has 34 heavy (non-hydrogen) atoms. The van der Waals surface area contributed by atoms with Crippen molar-refractivity contribution in [1.82, 2.24) is 9.78 Å². The second-order valence-electron chi connectivity index (χ2n) is 7.52. The Hall–Kier alpha value is -4.14. The number of anilines is 1. The van der Waals surface area contributed by atoms with Gasteiger partial charge in [-0.05, 0) is 55.0 Å². The third kappa shape index (κ3) is 5.09. The number of amides is 1. The number of aromatic nitrogens is 2. The Morgan fingerprint density at radius 1 is 0.971 bits per heavy atom. The Kier molecular flexibility index (Phi) is 6.62. The SMILES string of the molecule is CCOC(=O)Cc1nn(Cc2ccc(NC(=O)c3ccc(F)cc3F)cc2)c2cc(F)ccc12. The number of halogens is 3. The highest BCUT2D eigenvalue weighted by Crippen LogP contribution is 2.22. The highest BCUT2D eigenvalue weighted by Gasteiger charge is 2.16. The molecule has 4 rings (SSSR count). The number of nitrogens with zero attached hydrogens (tertiary/aromatic N) is 2. The summed E-state index contributed by atoms with van der Waals surface area (Å²) >= 11 is 0. The zero-order valence-corrected chi connectivity index (χ0v) is 18.1. The molecule has 4 aromatic rings. The summed E-state index contributed by atoms with van der Waals surface area (Å²) in [5.74, 6) is -3.28. The second-order valence-corrected chi connectivity index (χ2v) is 7.52. The smallest absolute Gasteiger partial charge is 0.311 e. The van der Waals surface area contributed by atoms with Gasteiger partial charge in [-0.15, -0.1) is 0 Å². The number of hydrogen-bond acceptors (Lipinski definition) is 4. The summed E-state index contributed by atoms with van der Waals surface area (Å²) < 4.78 is 47.4. The standard InChI is InChI=1S/C25H20F3N3O3/c1-2-34-24(32)13-22-20-10-6-17(27)12-23(20)31(30-22)14-15-3-7-18(8-4-15)29-25(33)19-9-5-16(26)11-21(19)28/h3-12H,2,13-14H2,1H3,(H,29,33). The maximum atomic E-state index is 13.9. The Morgan fingerprint density at radius 2 is 1.68 bits per heavy atom. The Labute approximate surface area is 193 Å². The Bertz CT molecular complexity index is 1370. The highest BCUT2D eigenvalue weighted by molar-refractivity contribution is 6.04. The number of ether oxygens (including phenoxy) is 1. The van der Waals surface area contributed by atoms with E-state index in [0.717, 1.165) is 17.7 Å². The molecular weight excluding hydrogens is 447 g/mol. The molecule has 9 heteroatoms. The fourth-order valence-corrected chi connectivity index (χ4v) is 3.55. The number of esters is 1. The summed E-state index contributed by atoms with van der Waals surface area (Å²) in [6.45, 7) is 2.25. The number of hydrogen-bond donors (Lipinski definition) is 1. The fourth-order valence-electron chi connectivity index (χ4n) is 3.55. The van der Waals surface area contributed by atoms with Gasteiger partial charge in [0.2, 0.25) is 0 Å². The van der Waals surface area contributed by atoms with Crippen molar-refractivity contribution < 1.29 is 27.5 Å². The summed E-state index contributed by atoms with van der Waals surface area (Å²) in [6.07, 6.45) is -0.0338. The van der Waals surface area contributed by atoms with E-state index in [-0.39, 0.29) is 25.1 Å². The lowest BCUT2D eigenvalue weighted by Crippen LogP contribution is -2.14. The maximum absolute atomic E-state index is 13.9. The zero-order valence-electron chi connectivity index (χ0n) is 18.1. The summed E-state index contributed by atoms with van der Waals surface area (Å²) in [4.78, 5) is 24.2. The Morgan fingerprint density at radius 3 is 2.38 bits per heavy atom. The maximum Gasteiger partial charge on any atom is 0.311 e. The minimum absolute atomic E-state index is 0.0338. The van der Waals surface area contributed by atoms with Crippen LogP contribution in [-0.2, 0) is 22.5 Å². The Balaban J connectivity index is 1.53. The van der Waals surface area contributed by atoms with E-state index in [2.05, 4.69) is 10.4 Å². The van der Waals surface area contributed by atoms with Crippen LogP contribution in [0, 0.1) is 17.5 Å². The predicted octanol–water partition coefficient (Wildman–Crippen LogP) is 4.86. The number of carbonyl (C=O) groups excluding carboxylic acids is 2. The first-order valence-corrected chi connectivity index (χ1v) is 10.5. The van der Waals surface area contributed by atoms with Crippen LogP contribution in [0.25, 0.3) is 10.9 Å². The highest BCUT2D eigenvalue weighted by atomic mass is 19.1. The molecule has 0 aliphatic heterocycles. The lowest BCUT2D eigenvalue weighted by molar-refractivity contribution is -0.142. The van der Waals surface area contributed by atoms with Crippen LogP contribution in [0.4, 0.5) is 18.9 Å². The van der Waals surface area contributed by atoms with E-state index in [0.29, 0.717) is 28.4 Å². The predicted molar refractivity (Wildman–Crippen MR) is 120 cm³/mol. The molecule has 0 saturated carbocycles. The molecule has 3 aromatic carbocycles. The lowest BCUT2D eigenvalue weighted by Gasteiger charge is -2.08. The van der Waals surface area contributed by atoms with E-state index in [1.165, 1.54) is 12.1 Å². The molecule has 0 aliphatic rings. The molecule has 0 unspecified atom stereocenters. The van der Waals surface area contributed by atoms with Gasteiger partial charge in [-0.1, -0.05) is 12.1 Å². The first kappa shape index (κ1) is 23.0. The average molecular weight is 467 g/mol. The van der Waals surface area contributed by atoms with Gasteiger partial charge in [0.1, 0.15) is 17.5 Å². The number of nitrogens with one attached hydrogen (secondary N) is 1. The summed E-state index contributed by atoms with van der Waals surface area (Å²) in [5, 5.41) is 7.69. The van der Waals surface area contributed by atoms with Gasteiger partial charge in [0.15, 0.2) is 0 Å². The molecule has 1 heterocycles. The van der Waals surface area contributed by atoms with Crippen LogP contribution < -0.4 is 5.32 Å². The minimum atomic E-state index is -0.953. The summed E-state index contributed by atoms with van der Waals surface area (Å²) in [7, 11) is 0. The van der Waals surface area contributed by atoms with Gasteiger partial charge < -0.3 is 10.1 Å². The van der Waals surface area contributed by atoms with Gasteiger partial charge in [0.25, 0.3) is 5.91 Å². The van der Waals surface area contributed by atoms with Crippen LogP contribution in [-0.4, -0.2) is 28.3 Å². The van der Waals surface area contributed by atoms with Crippen LogP contribution >= 0.6 is 0 Å². The van der Waals surface area contributed by atoms with E-state index in [9.17, 15) is 22.8 Å². The first-order valence-electron chi connectivity index (χ1n) is 10.5.